The van der Waals surface area contributed by atoms with Gasteiger partial charge in [0.1, 0.15) is 6.10 Å². The summed E-state index contributed by atoms with van der Waals surface area (Å²) in [5.74, 6) is 0.0897. The number of Topliss-reactive ketones (excluding diaryl/α,β-unsaturated/α-hetero) is 1. The molecule has 2 heterocycles. The third kappa shape index (κ3) is 2.38. The minimum atomic E-state index is -0.272. The molecule has 0 radical (unpaired) electrons. The normalized spacial score (nSPS) is 22.8. The first-order valence-electron chi connectivity index (χ1n) is 6.70. The Morgan fingerprint density at radius 3 is 2.84 bits per heavy atom. The van der Waals surface area contributed by atoms with Crippen LogP contribution in [0.4, 0.5) is 0 Å². The summed E-state index contributed by atoms with van der Waals surface area (Å²) in [4.78, 5) is 16.8. The summed E-state index contributed by atoms with van der Waals surface area (Å²) in [6.07, 6.45) is 1.71. The van der Waals surface area contributed by atoms with Crippen LogP contribution in [0.1, 0.15) is 35.8 Å². The monoisotopic (exact) mass is 255 g/mol. The first-order valence-corrected chi connectivity index (χ1v) is 6.70. The number of ether oxygens (including phenoxy) is 1. The van der Waals surface area contributed by atoms with E-state index in [0.29, 0.717) is 0 Å². The van der Waals surface area contributed by atoms with Crippen LogP contribution >= 0.6 is 0 Å². The molecule has 1 saturated heterocycles. The number of hydrogen-bond donors (Lipinski definition) is 0. The maximum absolute atomic E-state index is 12.4. The molecule has 1 aromatic heterocycles. The number of carbonyl (C=O) groups excluding carboxylic acids is 1. The van der Waals surface area contributed by atoms with Crippen molar-refractivity contribution in [1.82, 2.24) is 4.98 Å². The summed E-state index contributed by atoms with van der Waals surface area (Å²) < 4.78 is 5.64. The highest BCUT2D eigenvalue weighted by Crippen LogP contribution is 2.24. The van der Waals surface area contributed by atoms with Gasteiger partial charge in [0.2, 0.25) is 0 Å². The molecule has 2 unspecified atom stereocenters. The van der Waals surface area contributed by atoms with Crippen LogP contribution in [0.3, 0.4) is 0 Å². The maximum Gasteiger partial charge on any atom is 0.191 e. The van der Waals surface area contributed by atoms with E-state index in [2.05, 4.69) is 4.98 Å². The number of hydrogen-bond acceptors (Lipinski definition) is 3. The lowest BCUT2D eigenvalue weighted by Crippen LogP contribution is -2.20. The van der Waals surface area contributed by atoms with Gasteiger partial charge in [0.25, 0.3) is 0 Å². The van der Waals surface area contributed by atoms with Gasteiger partial charge in [-0.1, -0.05) is 6.07 Å². The molecule has 0 bridgehead atoms. The van der Waals surface area contributed by atoms with Crippen molar-refractivity contribution in [2.45, 2.75) is 38.9 Å². The van der Waals surface area contributed by atoms with Crippen LogP contribution in [0.15, 0.2) is 30.3 Å². The fourth-order valence-corrected chi connectivity index (χ4v) is 2.56. The van der Waals surface area contributed by atoms with Crippen LogP contribution in [0.25, 0.3) is 10.9 Å². The number of ketones is 1. The van der Waals surface area contributed by atoms with Crippen molar-refractivity contribution in [3.05, 3.63) is 41.6 Å². The molecule has 0 amide bonds. The molecule has 3 nitrogen and oxygen atoms in total. The van der Waals surface area contributed by atoms with E-state index >= 15 is 0 Å². The fraction of sp³-hybridized carbons (Fsp3) is 0.375. The molecular formula is C16H17NO2. The van der Waals surface area contributed by atoms with Gasteiger partial charge in [0.05, 0.1) is 11.6 Å². The van der Waals surface area contributed by atoms with Crippen molar-refractivity contribution in [1.29, 1.82) is 0 Å². The van der Waals surface area contributed by atoms with Crippen molar-refractivity contribution < 1.29 is 9.53 Å². The molecule has 0 N–H and O–H groups in total. The molecule has 2 atom stereocenters. The summed E-state index contributed by atoms with van der Waals surface area (Å²) in [5, 5.41) is 1.00. The lowest BCUT2D eigenvalue weighted by atomic mass is 10.0. The molecule has 1 aliphatic rings. The Kier molecular flexibility index (Phi) is 3.07. The summed E-state index contributed by atoms with van der Waals surface area (Å²) >= 11 is 0. The van der Waals surface area contributed by atoms with E-state index in [4.69, 9.17) is 4.74 Å². The first kappa shape index (κ1) is 12.3. The topological polar surface area (TPSA) is 39.2 Å². The highest BCUT2D eigenvalue weighted by Gasteiger charge is 2.28. The van der Waals surface area contributed by atoms with E-state index in [-0.39, 0.29) is 18.0 Å². The largest absolute Gasteiger partial charge is 0.367 e. The molecule has 1 aromatic carbocycles. The second-order valence-electron chi connectivity index (χ2n) is 5.24. The van der Waals surface area contributed by atoms with Crippen molar-refractivity contribution in [3.8, 4) is 0 Å². The molecule has 2 aromatic rings. The van der Waals surface area contributed by atoms with Gasteiger partial charge in [-0.3, -0.25) is 9.78 Å². The Hall–Kier alpha value is -1.74. The molecule has 3 heteroatoms. The number of fused-ring (bicyclic) bond motifs is 1. The molecule has 1 aliphatic heterocycles. The quantitative estimate of drug-likeness (QED) is 0.773. The summed E-state index contributed by atoms with van der Waals surface area (Å²) in [5.41, 5.74) is 2.63. The number of aromatic nitrogens is 1. The van der Waals surface area contributed by atoms with E-state index in [1.54, 1.807) is 0 Å². The highest BCUT2D eigenvalue weighted by molar-refractivity contribution is 6.02. The van der Waals surface area contributed by atoms with Crippen LogP contribution in [0.5, 0.6) is 0 Å². The van der Waals surface area contributed by atoms with Crippen molar-refractivity contribution in [2.75, 3.05) is 0 Å². The van der Waals surface area contributed by atoms with E-state index in [0.717, 1.165) is 35.0 Å². The predicted molar refractivity (Wildman–Crippen MR) is 74.4 cm³/mol. The summed E-state index contributed by atoms with van der Waals surface area (Å²) in [6, 6.07) is 9.64. The van der Waals surface area contributed by atoms with Gasteiger partial charge < -0.3 is 4.74 Å². The molecule has 98 valence electrons. The number of rotatable bonds is 2. The maximum atomic E-state index is 12.4. The Morgan fingerprint density at radius 1 is 1.26 bits per heavy atom. The van der Waals surface area contributed by atoms with E-state index in [9.17, 15) is 4.79 Å². The van der Waals surface area contributed by atoms with Crippen molar-refractivity contribution >= 4 is 16.7 Å². The number of nitrogens with zero attached hydrogens (tertiary/aromatic N) is 1. The van der Waals surface area contributed by atoms with E-state index in [1.165, 1.54) is 0 Å². The Balaban J connectivity index is 1.92. The molecule has 0 saturated carbocycles. The zero-order chi connectivity index (χ0) is 13.4. The van der Waals surface area contributed by atoms with E-state index in [1.807, 2.05) is 44.2 Å². The number of benzene rings is 1. The second kappa shape index (κ2) is 4.74. The standard InChI is InChI=1S/C16H17NO2/c1-10-3-5-12-9-13(6-7-14(12)17-10)16(18)15-8-4-11(2)19-15/h3,5-7,9,11,15H,4,8H2,1-2H3. The molecule has 3 rings (SSSR count). The predicted octanol–water partition coefficient (Wildman–Crippen LogP) is 3.29. The van der Waals surface area contributed by atoms with Crippen LogP contribution in [-0.2, 0) is 4.74 Å². The van der Waals surface area contributed by atoms with Crippen molar-refractivity contribution in [3.63, 3.8) is 0 Å². The highest BCUT2D eigenvalue weighted by atomic mass is 16.5. The molecular weight excluding hydrogens is 238 g/mol. The second-order valence-corrected chi connectivity index (χ2v) is 5.24. The first-order chi connectivity index (χ1) is 9.13. The van der Waals surface area contributed by atoms with Gasteiger partial charge in [-0.15, -0.1) is 0 Å². The Bertz CT molecular complexity index is 636. The van der Waals surface area contributed by atoms with Gasteiger partial charge in [-0.25, -0.2) is 0 Å². The van der Waals surface area contributed by atoms with Crippen LogP contribution in [-0.4, -0.2) is 23.0 Å². The zero-order valence-electron chi connectivity index (χ0n) is 11.2. The fourth-order valence-electron chi connectivity index (χ4n) is 2.56. The van der Waals surface area contributed by atoms with Gasteiger partial charge in [0.15, 0.2) is 5.78 Å². The minimum absolute atomic E-state index is 0.0897. The van der Waals surface area contributed by atoms with E-state index < -0.39 is 0 Å². The van der Waals surface area contributed by atoms with Gasteiger partial charge in [0, 0.05) is 16.6 Å². The van der Waals surface area contributed by atoms with Gasteiger partial charge >= 0.3 is 0 Å². The van der Waals surface area contributed by atoms with Crippen molar-refractivity contribution in [2.24, 2.45) is 0 Å². The lowest BCUT2D eigenvalue weighted by molar-refractivity contribution is 0.0433. The third-order valence-corrected chi connectivity index (χ3v) is 3.64. The SMILES string of the molecule is Cc1ccc2cc(C(=O)C3CCC(C)O3)ccc2n1. The lowest BCUT2D eigenvalue weighted by Gasteiger charge is -2.10. The molecule has 0 spiro atoms. The molecule has 0 aliphatic carbocycles. The molecule has 19 heavy (non-hydrogen) atoms. The third-order valence-electron chi connectivity index (χ3n) is 3.64. The van der Waals surface area contributed by atoms with Crippen LogP contribution in [0, 0.1) is 6.92 Å². The number of carbonyl (C=O) groups is 1. The van der Waals surface area contributed by atoms with Crippen LogP contribution in [0.2, 0.25) is 0 Å². The smallest absolute Gasteiger partial charge is 0.191 e. The van der Waals surface area contributed by atoms with Gasteiger partial charge in [-0.05, 0) is 51.0 Å². The zero-order valence-corrected chi connectivity index (χ0v) is 11.2. The minimum Gasteiger partial charge on any atom is -0.367 e. The average molecular weight is 255 g/mol. The number of pyridine rings is 1. The molecule has 1 fully saturated rings. The summed E-state index contributed by atoms with van der Waals surface area (Å²) in [6.45, 7) is 3.98. The average Bonchev–Trinajstić information content (AvgIpc) is 2.84. The Morgan fingerprint density at radius 2 is 2.11 bits per heavy atom. The number of aryl methyl sites for hydroxylation is 1. The van der Waals surface area contributed by atoms with Gasteiger partial charge in [-0.2, -0.15) is 0 Å². The summed E-state index contributed by atoms with van der Waals surface area (Å²) in [7, 11) is 0. The van der Waals surface area contributed by atoms with Crippen LogP contribution < -0.4 is 0 Å². The Labute approximate surface area is 112 Å².